The topological polar surface area (TPSA) is 6.48 Å². The van der Waals surface area contributed by atoms with E-state index < -0.39 is 0 Å². The van der Waals surface area contributed by atoms with E-state index in [0.29, 0.717) is 0 Å². The summed E-state index contributed by atoms with van der Waals surface area (Å²) in [5.41, 5.74) is 0. The molecule has 0 aromatic carbocycles. The summed E-state index contributed by atoms with van der Waals surface area (Å²) in [5, 5.41) is 0. The number of hydrogen-bond donors (Lipinski definition) is 0. The molecule has 2 heteroatoms. The zero-order valence-electron chi connectivity index (χ0n) is 12.9. The van der Waals surface area contributed by atoms with Crippen molar-refractivity contribution in [3.63, 3.8) is 0 Å². The number of hydrogen-bond acceptors (Lipinski definition) is 2. The molecule has 0 saturated carbocycles. The quantitative estimate of drug-likeness (QED) is 0.740. The lowest BCUT2D eigenvalue weighted by molar-refractivity contribution is 0.0196. The number of piperazine rings is 1. The van der Waals surface area contributed by atoms with Gasteiger partial charge in [-0.1, -0.05) is 20.8 Å². The fraction of sp³-hybridized carbons (Fsp3) is 1.00. The Hall–Kier alpha value is -0.0800. The molecule has 0 aliphatic carbocycles. The maximum atomic E-state index is 2.83. The van der Waals surface area contributed by atoms with E-state index in [1.54, 1.807) is 0 Å². The second kappa shape index (κ2) is 6.38. The highest BCUT2D eigenvalue weighted by molar-refractivity contribution is 4.93. The Bertz CT molecular complexity index is 251. The summed E-state index contributed by atoms with van der Waals surface area (Å²) in [4.78, 5) is 5.58. The van der Waals surface area contributed by atoms with Crippen LogP contribution in [0.4, 0.5) is 0 Å². The SMILES string of the molecule is CCC1CN2CCCC2CN1C(C)CCC(C)C. The first kappa shape index (κ1) is 14.3. The fourth-order valence-corrected chi connectivity index (χ4v) is 3.75. The van der Waals surface area contributed by atoms with Gasteiger partial charge in [-0.05, 0) is 51.5 Å². The summed E-state index contributed by atoms with van der Waals surface area (Å²) in [6.45, 7) is 13.5. The number of rotatable bonds is 5. The monoisotopic (exact) mass is 252 g/mol. The van der Waals surface area contributed by atoms with Crippen LogP contribution in [0, 0.1) is 5.92 Å². The zero-order valence-corrected chi connectivity index (χ0v) is 12.9. The van der Waals surface area contributed by atoms with Crippen LogP contribution in [-0.4, -0.2) is 47.6 Å². The molecule has 2 nitrogen and oxygen atoms in total. The van der Waals surface area contributed by atoms with Crippen molar-refractivity contribution < 1.29 is 0 Å². The molecule has 18 heavy (non-hydrogen) atoms. The van der Waals surface area contributed by atoms with E-state index in [9.17, 15) is 0 Å². The van der Waals surface area contributed by atoms with E-state index in [1.165, 1.54) is 51.7 Å². The van der Waals surface area contributed by atoms with Crippen LogP contribution in [0.1, 0.15) is 59.8 Å². The predicted octanol–water partition coefficient (Wildman–Crippen LogP) is 3.37. The van der Waals surface area contributed by atoms with Gasteiger partial charge >= 0.3 is 0 Å². The van der Waals surface area contributed by atoms with Crippen LogP contribution in [-0.2, 0) is 0 Å². The molecule has 0 aromatic rings. The molecule has 3 atom stereocenters. The fourth-order valence-electron chi connectivity index (χ4n) is 3.75. The summed E-state index contributed by atoms with van der Waals surface area (Å²) < 4.78 is 0. The average Bonchev–Trinajstić information content (AvgIpc) is 2.81. The Morgan fingerprint density at radius 2 is 1.89 bits per heavy atom. The second-order valence-corrected chi connectivity index (χ2v) is 6.87. The molecule has 2 fully saturated rings. The molecule has 2 rings (SSSR count). The molecule has 3 unspecified atom stereocenters. The third kappa shape index (κ3) is 3.27. The minimum Gasteiger partial charge on any atom is -0.298 e. The van der Waals surface area contributed by atoms with Crippen LogP contribution in [0.2, 0.25) is 0 Å². The lowest BCUT2D eigenvalue weighted by Gasteiger charge is -2.46. The number of fused-ring (bicyclic) bond motifs is 1. The standard InChI is InChI=1S/C16H32N2/c1-5-15-11-17-10-6-7-16(17)12-18(15)14(4)9-8-13(2)3/h13-16H,5-12H2,1-4H3. The normalized spacial score (nSPS) is 31.8. The second-order valence-electron chi connectivity index (χ2n) is 6.87. The summed E-state index contributed by atoms with van der Waals surface area (Å²) >= 11 is 0. The maximum Gasteiger partial charge on any atom is 0.0224 e. The van der Waals surface area contributed by atoms with Gasteiger partial charge in [0.15, 0.2) is 0 Å². The van der Waals surface area contributed by atoms with Gasteiger partial charge in [-0.25, -0.2) is 0 Å². The molecule has 0 aromatic heterocycles. The lowest BCUT2D eigenvalue weighted by Crippen LogP contribution is -2.58. The third-order valence-electron chi connectivity index (χ3n) is 5.03. The number of nitrogens with zero attached hydrogens (tertiary/aromatic N) is 2. The minimum atomic E-state index is 0.778. The van der Waals surface area contributed by atoms with Crippen molar-refractivity contribution in [3.8, 4) is 0 Å². The average molecular weight is 252 g/mol. The molecule has 106 valence electrons. The zero-order chi connectivity index (χ0) is 13.1. The predicted molar refractivity (Wildman–Crippen MR) is 78.9 cm³/mol. The minimum absolute atomic E-state index is 0.778. The van der Waals surface area contributed by atoms with Gasteiger partial charge < -0.3 is 0 Å². The van der Waals surface area contributed by atoms with Gasteiger partial charge in [0.25, 0.3) is 0 Å². The van der Waals surface area contributed by atoms with Crippen molar-refractivity contribution >= 4 is 0 Å². The summed E-state index contributed by atoms with van der Waals surface area (Å²) in [6, 6.07) is 2.45. The van der Waals surface area contributed by atoms with Crippen molar-refractivity contribution in [1.29, 1.82) is 0 Å². The molecule has 2 heterocycles. The highest BCUT2D eigenvalue weighted by Crippen LogP contribution is 2.28. The van der Waals surface area contributed by atoms with E-state index in [4.69, 9.17) is 0 Å². The Morgan fingerprint density at radius 1 is 1.11 bits per heavy atom. The smallest absolute Gasteiger partial charge is 0.0224 e. The molecule has 2 aliphatic rings. The van der Waals surface area contributed by atoms with Crippen molar-refractivity contribution in [2.45, 2.75) is 77.9 Å². The van der Waals surface area contributed by atoms with Gasteiger partial charge in [0.2, 0.25) is 0 Å². The van der Waals surface area contributed by atoms with Crippen LogP contribution < -0.4 is 0 Å². The van der Waals surface area contributed by atoms with Crippen molar-refractivity contribution in [1.82, 2.24) is 9.80 Å². The molecular weight excluding hydrogens is 220 g/mol. The molecule has 0 amide bonds. The van der Waals surface area contributed by atoms with Crippen molar-refractivity contribution in [2.75, 3.05) is 19.6 Å². The summed E-state index contributed by atoms with van der Waals surface area (Å²) in [6.07, 6.45) is 6.93. The highest BCUT2D eigenvalue weighted by Gasteiger charge is 2.36. The van der Waals surface area contributed by atoms with Gasteiger partial charge in [0.05, 0.1) is 0 Å². The van der Waals surface area contributed by atoms with Crippen LogP contribution in [0.3, 0.4) is 0 Å². The Balaban J connectivity index is 1.92. The van der Waals surface area contributed by atoms with Gasteiger partial charge in [0, 0.05) is 31.2 Å². The molecule has 2 saturated heterocycles. The molecular formula is C16H32N2. The molecule has 0 N–H and O–H groups in total. The molecule has 0 bridgehead atoms. The Morgan fingerprint density at radius 3 is 2.56 bits per heavy atom. The Labute approximate surface area is 114 Å². The molecule has 0 radical (unpaired) electrons. The Kier molecular flexibility index (Phi) is 5.08. The van der Waals surface area contributed by atoms with Crippen molar-refractivity contribution in [2.24, 2.45) is 5.92 Å². The van der Waals surface area contributed by atoms with E-state index in [-0.39, 0.29) is 0 Å². The first-order chi connectivity index (χ1) is 8.61. The maximum absolute atomic E-state index is 2.83. The van der Waals surface area contributed by atoms with E-state index in [1.807, 2.05) is 0 Å². The van der Waals surface area contributed by atoms with Crippen LogP contribution >= 0.6 is 0 Å². The van der Waals surface area contributed by atoms with Crippen molar-refractivity contribution in [3.05, 3.63) is 0 Å². The third-order valence-corrected chi connectivity index (χ3v) is 5.03. The lowest BCUT2D eigenvalue weighted by atomic mass is 9.98. The summed E-state index contributed by atoms with van der Waals surface area (Å²) in [5.74, 6) is 0.847. The van der Waals surface area contributed by atoms with Crippen LogP contribution in [0.25, 0.3) is 0 Å². The first-order valence-electron chi connectivity index (χ1n) is 8.11. The van der Waals surface area contributed by atoms with Gasteiger partial charge in [-0.15, -0.1) is 0 Å². The van der Waals surface area contributed by atoms with E-state index in [2.05, 4.69) is 37.5 Å². The van der Waals surface area contributed by atoms with E-state index >= 15 is 0 Å². The van der Waals surface area contributed by atoms with Gasteiger partial charge in [-0.3, -0.25) is 9.80 Å². The molecule has 2 aliphatic heterocycles. The van der Waals surface area contributed by atoms with Crippen LogP contribution in [0.5, 0.6) is 0 Å². The van der Waals surface area contributed by atoms with Gasteiger partial charge in [0.1, 0.15) is 0 Å². The highest BCUT2D eigenvalue weighted by atomic mass is 15.3. The molecule has 0 spiro atoms. The first-order valence-corrected chi connectivity index (χ1v) is 8.11. The largest absolute Gasteiger partial charge is 0.298 e. The van der Waals surface area contributed by atoms with Crippen LogP contribution in [0.15, 0.2) is 0 Å². The van der Waals surface area contributed by atoms with Gasteiger partial charge in [-0.2, -0.15) is 0 Å². The van der Waals surface area contributed by atoms with E-state index in [0.717, 1.165) is 24.0 Å². The summed E-state index contributed by atoms with van der Waals surface area (Å²) in [7, 11) is 0.